The topological polar surface area (TPSA) is 80.7 Å². The predicted molar refractivity (Wildman–Crippen MR) is 109 cm³/mol. The zero-order chi connectivity index (χ0) is 19.6. The fourth-order valence-corrected chi connectivity index (χ4v) is 2.44. The highest BCUT2D eigenvalue weighted by molar-refractivity contribution is 5.79. The van der Waals surface area contributed by atoms with E-state index in [2.05, 4.69) is 25.6 Å². The number of methoxy groups -OCH3 is 1. The van der Waals surface area contributed by atoms with Crippen molar-refractivity contribution in [2.75, 3.05) is 14.2 Å². The second-order valence-electron chi connectivity index (χ2n) is 5.89. The Kier molecular flexibility index (Phi) is 6.78. The number of hydrogen-bond donors (Lipinski definition) is 2. The number of nitrogens with zero attached hydrogens (tertiary/aromatic N) is 3. The van der Waals surface area contributed by atoms with Crippen molar-refractivity contribution >= 4 is 5.96 Å². The Balaban J connectivity index is 1.50. The van der Waals surface area contributed by atoms with Crippen LogP contribution in [0.5, 0.6) is 17.4 Å². The normalized spacial score (nSPS) is 11.0. The summed E-state index contributed by atoms with van der Waals surface area (Å²) in [5.74, 6) is 2.64. The number of pyridine rings is 2. The Hall–Kier alpha value is -3.61. The summed E-state index contributed by atoms with van der Waals surface area (Å²) in [6, 6.07) is 17.0. The molecule has 0 spiro atoms. The first kappa shape index (κ1) is 19.2. The fraction of sp³-hybridized carbons (Fsp3) is 0.190. The van der Waals surface area contributed by atoms with Gasteiger partial charge in [-0.25, -0.2) is 4.98 Å². The highest BCUT2D eigenvalue weighted by atomic mass is 16.5. The number of aliphatic imine (C=N–C) groups is 1. The summed E-state index contributed by atoms with van der Waals surface area (Å²) < 4.78 is 11.0. The van der Waals surface area contributed by atoms with Crippen LogP contribution in [0.2, 0.25) is 0 Å². The van der Waals surface area contributed by atoms with E-state index < -0.39 is 0 Å². The van der Waals surface area contributed by atoms with Gasteiger partial charge in [-0.15, -0.1) is 0 Å². The van der Waals surface area contributed by atoms with Gasteiger partial charge in [0.05, 0.1) is 19.3 Å². The molecular formula is C21H23N5O2. The monoisotopic (exact) mass is 377 g/mol. The van der Waals surface area contributed by atoms with E-state index in [0.29, 0.717) is 30.7 Å². The van der Waals surface area contributed by atoms with Crippen LogP contribution in [0.1, 0.15) is 11.3 Å². The molecule has 0 fully saturated rings. The lowest BCUT2D eigenvalue weighted by Crippen LogP contribution is -2.36. The lowest BCUT2D eigenvalue weighted by atomic mass is 10.3. The minimum absolute atomic E-state index is 0.523. The van der Waals surface area contributed by atoms with Gasteiger partial charge >= 0.3 is 0 Å². The van der Waals surface area contributed by atoms with Crippen molar-refractivity contribution < 1.29 is 9.47 Å². The van der Waals surface area contributed by atoms with Crippen LogP contribution >= 0.6 is 0 Å². The SMILES string of the molecule is CN=C(NCc1ccc(Oc2cccc(OC)c2)nc1)NCc1ccccn1. The molecule has 0 atom stereocenters. The quantitative estimate of drug-likeness (QED) is 0.486. The third-order valence-electron chi connectivity index (χ3n) is 3.91. The van der Waals surface area contributed by atoms with Crippen LogP contribution in [-0.2, 0) is 13.1 Å². The second-order valence-corrected chi connectivity index (χ2v) is 5.89. The average molecular weight is 377 g/mol. The van der Waals surface area contributed by atoms with Gasteiger partial charge in [0.2, 0.25) is 5.88 Å². The van der Waals surface area contributed by atoms with E-state index in [9.17, 15) is 0 Å². The minimum Gasteiger partial charge on any atom is -0.497 e. The summed E-state index contributed by atoms with van der Waals surface area (Å²) in [7, 11) is 3.36. The van der Waals surface area contributed by atoms with E-state index in [4.69, 9.17) is 9.47 Å². The summed E-state index contributed by atoms with van der Waals surface area (Å²) in [4.78, 5) is 12.9. The summed E-state index contributed by atoms with van der Waals surface area (Å²) in [6.07, 6.45) is 3.54. The van der Waals surface area contributed by atoms with Crippen molar-refractivity contribution in [2.24, 2.45) is 4.99 Å². The van der Waals surface area contributed by atoms with Crippen molar-refractivity contribution in [3.05, 3.63) is 78.2 Å². The fourth-order valence-electron chi connectivity index (χ4n) is 2.44. The number of benzene rings is 1. The molecule has 3 rings (SSSR count). The Morgan fingerprint density at radius 1 is 0.964 bits per heavy atom. The largest absolute Gasteiger partial charge is 0.497 e. The maximum atomic E-state index is 5.76. The maximum absolute atomic E-state index is 5.76. The van der Waals surface area contributed by atoms with Gasteiger partial charge < -0.3 is 20.1 Å². The first-order chi connectivity index (χ1) is 13.8. The number of ether oxygens (including phenoxy) is 2. The van der Waals surface area contributed by atoms with Crippen LogP contribution in [0.3, 0.4) is 0 Å². The van der Waals surface area contributed by atoms with Crippen molar-refractivity contribution in [3.63, 3.8) is 0 Å². The number of nitrogens with one attached hydrogen (secondary N) is 2. The molecular weight excluding hydrogens is 354 g/mol. The Morgan fingerprint density at radius 2 is 1.82 bits per heavy atom. The zero-order valence-electron chi connectivity index (χ0n) is 15.9. The molecule has 3 aromatic rings. The van der Waals surface area contributed by atoms with Gasteiger partial charge in [0.1, 0.15) is 11.5 Å². The summed E-state index contributed by atoms with van der Waals surface area (Å²) in [6.45, 7) is 1.19. The van der Waals surface area contributed by atoms with Crippen LogP contribution in [0, 0.1) is 0 Å². The average Bonchev–Trinajstić information content (AvgIpc) is 2.76. The summed E-state index contributed by atoms with van der Waals surface area (Å²) in [5, 5.41) is 6.48. The molecule has 0 aliphatic carbocycles. The first-order valence-corrected chi connectivity index (χ1v) is 8.88. The molecule has 28 heavy (non-hydrogen) atoms. The number of rotatable bonds is 7. The third-order valence-corrected chi connectivity index (χ3v) is 3.91. The predicted octanol–water partition coefficient (Wildman–Crippen LogP) is 3.14. The summed E-state index contributed by atoms with van der Waals surface area (Å²) >= 11 is 0. The van der Waals surface area contributed by atoms with Crippen molar-refractivity contribution in [2.45, 2.75) is 13.1 Å². The lowest BCUT2D eigenvalue weighted by Gasteiger charge is -2.12. The second kappa shape index (κ2) is 9.91. The van der Waals surface area contributed by atoms with Crippen molar-refractivity contribution in [1.29, 1.82) is 0 Å². The third kappa shape index (κ3) is 5.70. The van der Waals surface area contributed by atoms with Crippen molar-refractivity contribution in [1.82, 2.24) is 20.6 Å². The molecule has 1 aromatic carbocycles. The van der Waals surface area contributed by atoms with Crippen LogP contribution in [0.4, 0.5) is 0 Å². The molecule has 0 saturated carbocycles. The van der Waals surface area contributed by atoms with Gasteiger partial charge in [0, 0.05) is 38.1 Å². The molecule has 0 unspecified atom stereocenters. The Bertz CT molecular complexity index is 898. The van der Waals surface area contributed by atoms with Gasteiger partial charge in [0.15, 0.2) is 5.96 Å². The standard InChI is InChI=1S/C21H23N5O2/c1-22-21(26-15-17-6-3-4-11-23-17)25-14-16-9-10-20(24-13-16)28-19-8-5-7-18(12-19)27-2/h3-13H,14-15H2,1-2H3,(H2,22,25,26). The van der Waals surface area contributed by atoms with E-state index in [1.807, 2.05) is 54.6 Å². The molecule has 2 aromatic heterocycles. The van der Waals surface area contributed by atoms with Crippen LogP contribution < -0.4 is 20.1 Å². The van der Waals surface area contributed by atoms with Crippen LogP contribution in [0.25, 0.3) is 0 Å². The molecule has 0 amide bonds. The van der Waals surface area contributed by atoms with E-state index in [1.165, 1.54) is 0 Å². The van der Waals surface area contributed by atoms with Gasteiger partial charge in [-0.05, 0) is 29.8 Å². The van der Waals surface area contributed by atoms with E-state index in [0.717, 1.165) is 17.0 Å². The Morgan fingerprint density at radius 3 is 2.54 bits per heavy atom. The molecule has 0 aliphatic rings. The molecule has 7 nitrogen and oxygen atoms in total. The maximum Gasteiger partial charge on any atom is 0.219 e. The lowest BCUT2D eigenvalue weighted by molar-refractivity contribution is 0.407. The highest BCUT2D eigenvalue weighted by Crippen LogP contribution is 2.23. The first-order valence-electron chi connectivity index (χ1n) is 8.88. The molecule has 7 heteroatoms. The number of guanidine groups is 1. The van der Waals surface area contributed by atoms with E-state index >= 15 is 0 Å². The van der Waals surface area contributed by atoms with Crippen LogP contribution in [0.15, 0.2) is 72.0 Å². The van der Waals surface area contributed by atoms with E-state index in [1.54, 1.807) is 26.6 Å². The minimum atomic E-state index is 0.523. The highest BCUT2D eigenvalue weighted by Gasteiger charge is 2.03. The van der Waals surface area contributed by atoms with Gasteiger partial charge in [-0.1, -0.05) is 18.2 Å². The Labute approximate surface area is 164 Å². The smallest absolute Gasteiger partial charge is 0.219 e. The number of hydrogen-bond acceptors (Lipinski definition) is 5. The zero-order valence-corrected chi connectivity index (χ0v) is 15.9. The van der Waals surface area contributed by atoms with Gasteiger partial charge in [-0.2, -0.15) is 0 Å². The summed E-state index contributed by atoms with van der Waals surface area (Å²) in [5.41, 5.74) is 1.96. The molecule has 2 N–H and O–H groups in total. The number of aromatic nitrogens is 2. The molecule has 144 valence electrons. The van der Waals surface area contributed by atoms with Gasteiger partial charge in [-0.3, -0.25) is 9.98 Å². The molecule has 2 heterocycles. The van der Waals surface area contributed by atoms with Gasteiger partial charge in [0.25, 0.3) is 0 Å². The van der Waals surface area contributed by atoms with E-state index in [-0.39, 0.29) is 0 Å². The molecule has 0 radical (unpaired) electrons. The molecule has 0 bridgehead atoms. The van der Waals surface area contributed by atoms with Crippen LogP contribution in [-0.4, -0.2) is 30.1 Å². The molecule has 0 aliphatic heterocycles. The molecule has 0 saturated heterocycles. The van der Waals surface area contributed by atoms with Crippen molar-refractivity contribution in [3.8, 4) is 17.4 Å².